The highest BCUT2D eigenvalue weighted by atomic mass is 35.5. The van der Waals surface area contributed by atoms with Crippen LogP contribution in [0.1, 0.15) is 18.4 Å². The number of fused-ring (bicyclic) bond motifs is 1. The summed E-state index contributed by atoms with van der Waals surface area (Å²) in [5, 5.41) is 1.75. The van der Waals surface area contributed by atoms with Gasteiger partial charge in [0.05, 0.1) is 5.52 Å². The van der Waals surface area contributed by atoms with Crippen LogP contribution in [0.3, 0.4) is 0 Å². The molecule has 0 saturated heterocycles. The summed E-state index contributed by atoms with van der Waals surface area (Å²) in [6, 6.07) is 10.2. The lowest BCUT2D eigenvalue weighted by atomic mass is 9.96. The summed E-state index contributed by atoms with van der Waals surface area (Å²) in [6.07, 6.45) is 2.26. The van der Waals surface area contributed by atoms with Crippen molar-refractivity contribution in [3.05, 3.63) is 41.0 Å². The van der Waals surface area contributed by atoms with E-state index in [2.05, 4.69) is 17.1 Å². The Morgan fingerprint density at radius 3 is 2.75 bits per heavy atom. The molecule has 1 saturated carbocycles. The Bertz CT molecular complexity index is 547. The van der Waals surface area contributed by atoms with Crippen LogP contribution in [-0.4, -0.2) is 11.5 Å². The van der Waals surface area contributed by atoms with Crippen LogP contribution < -0.4 is 5.73 Å². The molecular weight excluding hydrogens is 220 g/mol. The maximum Gasteiger partial charge on any atom is 0.133 e. The van der Waals surface area contributed by atoms with Crippen molar-refractivity contribution >= 4 is 22.5 Å². The summed E-state index contributed by atoms with van der Waals surface area (Å²) in [4.78, 5) is 4.44. The fourth-order valence-corrected chi connectivity index (χ4v) is 2.54. The van der Waals surface area contributed by atoms with Crippen LogP contribution in [0.2, 0.25) is 5.15 Å². The van der Waals surface area contributed by atoms with Crippen LogP contribution in [0, 0.1) is 0 Å². The monoisotopic (exact) mass is 232 g/mol. The van der Waals surface area contributed by atoms with Crippen LogP contribution in [-0.2, 0) is 5.41 Å². The Balaban J connectivity index is 2.22. The van der Waals surface area contributed by atoms with Gasteiger partial charge in [0.2, 0.25) is 0 Å². The van der Waals surface area contributed by atoms with Gasteiger partial charge in [0.1, 0.15) is 5.15 Å². The molecule has 2 aromatic rings. The largest absolute Gasteiger partial charge is 0.330 e. The van der Waals surface area contributed by atoms with E-state index < -0.39 is 0 Å². The van der Waals surface area contributed by atoms with Gasteiger partial charge in [-0.2, -0.15) is 0 Å². The third-order valence-electron chi connectivity index (χ3n) is 3.49. The predicted molar refractivity (Wildman–Crippen MR) is 66.7 cm³/mol. The Labute approximate surface area is 99.4 Å². The molecule has 1 fully saturated rings. The number of para-hydroxylation sites is 1. The van der Waals surface area contributed by atoms with Crippen LogP contribution >= 0.6 is 11.6 Å². The number of hydrogen-bond acceptors (Lipinski definition) is 2. The van der Waals surface area contributed by atoms with Crippen molar-refractivity contribution in [2.24, 2.45) is 5.73 Å². The van der Waals surface area contributed by atoms with E-state index in [1.165, 1.54) is 0 Å². The molecule has 0 radical (unpaired) electrons. The molecule has 0 aliphatic heterocycles. The lowest BCUT2D eigenvalue weighted by Gasteiger charge is -2.14. The van der Waals surface area contributed by atoms with E-state index in [0.29, 0.717) is 11.7 Å². The number of benzene rings is 1. The van der Waals surface area contributed by atoms with Crippen molar-refractivity contribution in [2.45, 2.75) is 18.3 Å². The second-order valence-electron chi connectivity index (χ2n) is 4.50. The minimum Gasteiger partial charge on any atom is -0.330 e. The minimum atomic E-state index is 0.105. The van der Waals surface area contributed by atoms with Gasteiger partial charge < -0.3 is 5.73 Å². The molecule has 1 aromatic heterocycles. The standard InChI is InChI=1S/C13H13ClN2/c14-12-10(13(8-15)5-6-13)7-9-3-1-2-4-11(9)16-12/h1-4,7H,5-6,8,15H2. The summed E-state index contributed by atoms with van der Waals surface area (Å²) in [5.74, 6) is 0. The summed E-state index contributed by atoms with van der Waals surface area (Å²) < 4.78 is 0. The molecule has 16 heavy (non-hydrogen) atoms. The van der Waals surface area contributed by atoms with Crippen molar-refractivity contribution in [2.75, 3.05) is 6.54 Å². The molecule has 1 aromatic carbocycles. The highest BCUT2D eigenvalue weighted by Crippen LogP contribution is 2.49. The van der Waals surface area contributed by atoms with E-state index in [4.69, 9.17) is 17.3 Å². The number of nitrogens with zero attached hydrogens (tertiary/aromatic N) is 1. The normalized spacial score (nSPS) is 17.6. The smallest absolute Gasteiger partial charge is 0.133 e. The maximum absolute atomic E-state index is 6.24. The average Bonchev–Trinajstić information content (AvgIpc) is 3.09. The van der Waals surface area contributed by atoms with Crippen molar-refractivity contribution < 1.29 is 0 Å². The molecule has 0 unspecified atom stereocenters. The fourth-order valence-electron chi connectivity index (χ4n) is 2.20. The predicted octanol–water partition coefficient (Wildman–Crippen LogP) is 2.88. The van der Waals surface area contributed by atoms with E-state index in [1.807, 2.05) is 18.2 Å². The van der Waals surface area contributed by atoms with Crippen LogP contribution in [0.25, 0.3) is 10.9 Å². The molecule has 3 rings (SSSR count). The van der Waals surface area contributed by atoms with Gasteiger partial charge in [-0.05, 0) is 30.5 Å². The van der Waals surface area contributed by atoms with Gasteiger partial charge in [-0.3, -0.25) is 0 Å². The lowest BCUT2D eigenvalue weighted by molar-refractivity contribution is 0.703. The zero-order chi connectivity index (χ0) is 11.2. The quantitative estimate of drug-likeness (QED) is 0.809. The Morgan fingerprint density at radius 1 is 1.31 bits per heavy atom. The van der Waals surface area contributed by atoms with E-state index in [-0.39, 0.29) is 5.41 Å². The Kier molecular flexibility index (Phi) is 2.16. The lowest BCUT2D eigenvalue weighted by Crippen LogP contribution is -2.20. The van der Waals surface area contributed by atoms with Crippen molar-refractivity contribution in [3.63, 3.8) is 0 Å². The number of nitrogens with two attached hydrogens (primary N) is 1. The van der Waals surface area contributed by atoms with Crippen molar-refractivity contribution in [3.8, 4) is 0 Å². The molecule has 1 heterocycles. The molecule has 0 atom stereocenters. The van der Waals surface area contributed by atoms with Gasteiger partial charge in [-0.25, -0.2) is 4.98 Å². The second kappa shape index (κ2) is 3.44. The molecule has 82 valence electrons. The first kappa shape index (κ1) is 10.1. The van der Waals surface area contributed by atoms with E-state index in [0.717, 1.165) is 29.3 Å². The zero-order valence-electron chi connectivity index (χ0n) is 8.91. The Hall–Kier alpha value is -1.12. The first-order valence-corrected chi connectivity index (χ1v) is 5.89. The molecule has 0 bridgehead atoms. The number of pyridine rings is 1. The average molecular weight is 233 g/mol. The molecule has 1 aliphatic rings. The molecule has 2 nitrogen and oxygen atoms in total. The molecule has 3 heteroatoms. The fraction of sp³-hybridized carbons (Fsp3) is 0.308. The topological polar surface area (TPSA) is 38.9 Å². The van der Waals surface area contributed by atoms with Gasteiger partial charge >= 0.3 is 0 Å². The minimum absolute atomic E-state index is 0.105. The van der Waals surface area contributed by atoms with Gasteiger partial charge in [0.15, 0.2) is 0 Å². The van der Waals surface area contributed by atoms with Crippen molar-refractivity contribution in [1.82, 2.24) is 4.98 Å². The highest BCUT2D eigenvalue weighted by Gasteiger charge is 2.44. The summed E-state index contributed by atoms with van der Waals surface area (Å²) in [6.45, 7) is 0.659. The number of halogens is 1. The summed E-state index contributed by atoms with van der Waals surface area (Å²) in [5.41, 5.74) is 8.00. The van der Waals surface area contributed by atoms with E-state index in [9.17, 15) is 0 Å². The number of aromatic nitrogens is 1. The maximum atomic E-state index is 6.24. The van der Waals surface area contributed by atoms with Crippen molar-refractivity contribution in [1.29, 1.82) is 0 Å². The SMILES string of the molecule is NCC1(c2cc3ccccc3nc2Cl)CC1. The van der Waals surface area contributed by atoms with E-state index >= 15 is 0 Å². The molecule has 0 spiro atoms. The zero-order valence-corrected chi connectivity index (χ0v) is 9.67. The van der Waals surface area contributed by atoms with Crippen LogP contribution in [0.4, 0.5) is 0 Å². The molecule has 2 N–H and O–H groups in total. The van der Waals surface area contributed by atoms with Gasteiger partial charge in [0.25, 0.3) is 0 Å². The highest BCUT2D eigenvalue weighted by molar-refractivity contribution is 6.30. The Morgan fingerprint density at radius 2 is 2.06 bits per heavy atom. The first-order chi connectivity index (χ1) is 7.75. The van der Waals surface area contributed by atoms with Gasteiger partial charge in [0, 0.05) is 17.3 Å². The van der Waals surface area contributed by atoms with E-state index in [1.54, 1.807) is 0 Å². The van der Waals surface area contributed by atoms with Crippen LogP contribution in [0.15, 0.2) is 30.3 Å². The van der Waals surface area contributed by atoms with Gasteiger partial charge in [-0.1, -0.05) is 29.8 Å². The van der Waals surface area contributed by atoms with Crippen LogP contribution in [0.5, 0.6) is 0 Å². The third-order valence-corrected chi connectivity index (χ3v) is 3.78. The molecule has 0 amide bonds. The first-order valence-electron chi connectivity index (χ1n) is 5.51. The second-order valence-corrected chi connectivity index (χ2v) is 4.86. The summed E-state index contributed by atoms with van der Waals surface area (Å²) in [7, 11) is 0. The third kappa shape index (κ3) is 1.41. The summed E-state index contributed by atoms with van der Waals surface area (Å²) >= 11 is 6.24. The molecule has 1 aliphatic carbocycles. The van der Waals surface area contributed by atoms with Gasteiger partial charge in [-0.15, -0.1) is 0 Å². The number of hydrogen-bond donors (Lipinski definition) is 1. The molecular formula is C13H13ClN2. The number of rotatable bonds is 2.